The molecule has 158 valence electrons. The van der Waals surface area contributed by atoms with Gasteiger partial charge < -0.3 is 0 Å². The van der Waals surface area contributed by atoms with E-state index in [4.69, 9.17) is 17.0 Å². The van der Waals surface area contributed by atoms with Crippen molar-refractivity contribution in [3.8, 4) is 22.3 Å². The number of hydrogen-bond donors (Lipinski definition) is 0. The van der Waals surface area contributed by atoms with Crippen LogP contribution in [0.25, 0.3) is 22.3 Å². The molecule has 4 aromatic rings. The molecule has 0 aliphatic heterocycles. The van der Waals surface area contributed by atoms with Crippen molar-refractivity contribution in [2.75, 3.05) is 0 Å². The predicted molar refractivity (Wildman–Crippen MR) is 133 cm³/mol. The number of hydrogen-bond acceptors (Lipinski definition) is 0. The van der Waals surface area contributed by atoms with Gasteiger partial charge >= 0.3 is 37.9 Å². The van der Waals surface area contributed by atoms with Gasteiger partial charge in [0.25, 0.3) is 0 Å². The Morgan fingerprint density at radius 1 is 0.562 bits per heavy atom. The van der Waals surface area contributed by atoms with Gasteiger partial charge in [0, 0.05) is 11.8 Å². The van der Waals surface area contributed by atoms with Crippen molar-refractivity contribution in [2.45, 2.75) is 25.2 Å². The Labute approximate surface area is 209 Å². The zero-order valence-electron chi connectivity index (χ0n) is 17.9. The summed E-state index contributed by atoms with van der Waals surface area (Å²) in [6.45, 7) is 2.37. The molecule has 32 heavy (non-hydrogen) atoms. The summed E-state index contributed by atoms with van der Waals surface area (Å²) in [4.78, 5) is 0. The summed E-state index contributed by atoms with van der Waals surface area (Å²) in [6, 6.07) is 36.2. The van der Waals surface area contributed by atoms with Crippen LogP contribution in [0.5, 0.6) is 0 Å². The molecule has 6 rings (SSSR count). The van der Waals surface area contributed by atoms with Crippen LogP contribution < -0.4 is 0 Å². The number of fused-ring (bicyclic) bond motifs is 6. The molecule has 0 saturated heterocycles. The molecule has 0 radical (unpaired) electrons. The SMILES string of the molecule is CCC(C1c2ccccc2-c2ccccc21)C1c2ccccc2-c2ccccc21.[Cl][Zr][Cl]. The fraction of sp³-hybridized carbons (Fsp3) is 0.172. The first kappa shape index (κ1) is 22.2. The summed E-state index contributed by atoms with van der Waals surface area (Å²) in [5.74, 6) is 1.41. The van der Waals surface area contributed by atoms with E-state index in [9.17, 15) is 0 Å². The fourth-order valence-corrected chi connectivity index (χ4v) is 5.98. The van der Waals surface area contributed by atoms with Crippen molar-refractivity contribution >= 4 is 17.0 Å². The van der Waals surface area contributed by atoms with E-state index in [1.54, 1.807) is 0 Å². The van der Waals surface area contributed by atoms with E-state index in [1.807, 2.05) is 0 Å². The molecule has 0 N–H and O–H groups in total. The minimum absolute atomic E-state index is 0.441. The van der Waals surface area contributed by atoms with Crippen molar-refractivity contribution in [2.24, 2.45) is 5.92 Å². The molecule has 0 fully saturated rings. The Kier molecular flexibility index (Phi) is 6.70. The second kappa shape index (κ2) is 9.68. The van der Waals surface area contributed by atoms with Crippen LogP contribution in [-0.2, 0) is 20.8 Å². The molecular formula is C29H24Cl2Zr. The third kappa shape index (κ3) is 3.64. The summed E-state index contributed by atoms with van der Waals surface area (Å²) < 4.78 is 0. The van der Waals surface area contributed by atoms with Crippen molar-refractivity contribution < 1.29 is 20.8 Å². The van der Waals surface area contributed by atoms with Crippen LogP contribution in [0.2, 0.25) is 0 Å². The van der Waals surface area contributed by atoms with E-state index in [0.717, 1.165) is 6.42 Å². The molecule has 0 amide bonds. The molecular weight excluding hydrogens is 510 g/mol. The van der Waals surface area contributed by atoms with E-state index >= 15 is 0 Å². The quantitative estimate of drug-likeness (QED) is 0.246. The van der Waals surface area contributed by atoms with Crippen LogP contribution in [0.3, 0.4) is 0 Å². The average Bonchev–Trinajstić information content (AvgIpc) is 3.35. The molecule has 0 saturated carbocycles. The molecule has 4 aromatic carbocycles. The van der Waals surface area contributed by atoms with Crippen LogP contribution in [0.15, 0.2) is 97.1 Å². The Balaban J connectivity index is 0.000000684. The normalized spacial score (nSPS) is 13.6. The van der Waals surface area contributed by atoms with Gasteiger partial charge in [-0.2, -0.15) is 0 Å². The molecule has 0 nitrogen and oxygen atoms in total. The van der Waals surface area contributed by atoms with Gasteiger partial charge in [-0.25, -0.2) is 0 Å². The van der Waals surface area contributed by atoms with E-state index in [0.29, 0.717) is 17.8 Å². The monoisotopic (exact) mass is 532 g/mol. The van der Waals surface area contributed by atoms with Gasteiger partial charge in [0.05, 0.1) is 0 Å². The summed E-state index contributed by atoms with van der Waals surface area (Å²) >= 11 is -0.826. The Hall–Kier alpha value is -1.66. The predicted octanol–water partition coefficient (Wildman–Crippen LogP) is 9.01. The molecule has 3 heteroatoms. The van der Waals surface area contributed by atoms with Crippen LogP contribution in [-0.4, -0.2) is 0 Å². The third-order valence-corrected chi connectivity index (χ3v) is 7.09. The number of benzene rings is 4. The van der Waals surface area contributed by atoms with Gasteiger partial charge in [0.15, 0.2) is 0 Å². The molecule has 0 atom stereocenters. The second-order valence-electron chi connectivity index (χ2n) is 8.45. The van der Waals surface area contributed by atoms with Crippen LogP contribution in [0.4, 0.5) is 0 Å². The minimum atomic E-state index is -0.826. The van der Waals surface area contributed by atoms with E-state index < -0.39 is 20.8 Å². The molecule has 0 heterocycles. The Morgan fingerprint density at radius 2 is 0.812 bits per heavy atom. The van der Waals surface area contributed by atoms with Crippen LogP contribution in [0, 0.1) is 5.92 Å². The van der Waals surface area contributed by atoms with Crippen molar-refractivity contribution in [1.82, 2.24) is 0 Å². The molecule has 0 bridgehead atoms. The summed E-state index contributed by atoms with van der Waals surface area (Å²) in [7, 11) is 9.87. The van der Waals surface area contributed by atoms with Crippen LogP contribution >= 0.6 is 17.0 Å². The van der Waals surface area contributed by atoms with Gasteiger partial charge in [0.1, 0.15) is 0 Å². The van der Waals surface area contributed by atoms with E-state index in [1.165, 1.54) is 44.5 Å². The van der Waals surface area contributed by atoms with E-state index in [2.05, 4.69) is 104 Å². The first-order valence-electron chi connectivity index (χ1n) is 11.1. The third-order valence-electron chi connectivity index (χ3n) is 7.09. The maximum absolute atomic E-state index is 4.93. The average molecular weight is 535 g/mol. The van der Waals surface area contributed by atoms with Crippen molar-refractivity contribution in [3.05, 3.63) is 119 Å². The van der Waals surface area contributed by atoms with Gasteiger partial charge in [-0.15, -0.1) is 0 Å². The molecule has 2 aliphatic rings. The summed E-state index contributed by atoms with van der Waals surface area (Å²) in [6.07, 6.45) is 1.15. The Bertz CT molecular complexity index is 1060. The first-order chi connectivity index (χ1) is 15.8. The summed E-state index contributed by atoms with van der Waals surface area (Å²) in [5, 5.41) is 0. The standard InChI is InChI=1S/C29H24.2ClH.Zr/c1-2-19(28-24-15-7-3-11-20(24)21-12-4-8-16-25(21)28)29-26-17-9-5-13-22(26)23-14-6-10-18-27(23)29;;;/h3-19,28-29H,2H2,1H3;2*1H;/q;;;+2/p-2. The fourth-order valence-electron chi connectivity index (χ4n) is 5.98. The maximum atomic E-state index is 4.93. The number of rotatable bonds is 3. The van der Waals surface area contributed by atoms with Crippen molar-refractivity contribution in [1.29, 1.82) is 0 Å². The van der Waals surface area contributed by atoms with Crippen molar-refractivity contribution in [3.63, 3.8) is 0 Å². The molecule has 2 aliphatic carbocycles. The molecule has 0 spiro atoms. The van der Waals surface area contributed by atoms with Gasteiger partial charge in [0.2, 0.25) is 0 Å². The molecule has 0 unspecified atom stereocenters. The zero-order chi connectivity index (χ0) is 22.1. The topological polar surface area (TPSA) is 0 Å². The Morgan fingerprint density at radius 3 is 1.06 bits per heavy atom. The van der Waals surface area contributed by atoms with Gasteiger partial charge in [-0.3, -0.25) is 0 Å². The summed E-state index contributed by atoms with van der Waals surface area (Å²) in [5.41, 5.74) is 11.7. The van der Waals surface area contributed by atoms with Crippen LogP contribution in [0.1, 0.15) is 47.4 Å². The molecule has 0 aromatic heterocycles. The first-order valence-corrected chi connectivity index (χ1v) is 17.5. The van der Waals surface area contributed by atoms with Gasteiger partial charge in [-0.05, 0) is 50.4 Å². The zero-order valence-corrected chi connectivity index (χ0v) is 21.9. The number of halogens is 2. The van der Waals surface area contributed by atoms with Gasteiger partial charge in [-0.1, -0.05) is 110 Å². The van der Waals surface area contributed by atoms with E-state index in [-0.39, 0.29) is 0 Å². The second-order valence-corrected chi connectivity index (χ2v) is 12.2.